The number of carbonyl (C=O) groups excluding carboxylic acids is 3. The molecule has 0 aliphatic heterocycles. The number of benzene rings is 1. The standard InChI is InChI=1S/C25H40N4O5/c1-14(2)12-18(26)22(30)28-20(15(3)4)24(32)27-19(13-17-10-8-7-9-11-17)23(31)29-21(16(5)6)25(33)34/h7-11,14-16,18-21H,12-13,26H2,1-6H3,(H,27,32)(H,28,30)(H,29,31)(H,33,34). The highest BCUT2D eigenvalue weighted by molar-refractivity contribution is 5.94. The largest absolute Gasteiger partial charge is 0.480 e. The number of carbonyl (C=O) groups is 4. The van der Waals surface area contributed by atoms with E-state index in [1.165, 1.54) is 0 Å². The molecule has 9 nitrogen and oxygen atoms in total. The molecule has 0 saturated carbocycles. The van der Waals surface area contributed by atoms with Crippen LogP contribution in [0.1, 0.15) is 53.5 Å². The number of carboxylic acid groups (broad SMARTS) is 1. The molecule has 6 N–H and O–H groups in total. The van der Waals surface area contributed by atoms with E-state index in [9.17, 15) is 24.3 Å². The van der Waals surface area contributed by atoms with Gasteiger partial charge in [-0.1, -0.05) is 71.9 Å². The quantitative estimate of drug-likeness (QED) is 0.291. The summed E-state index contributed by atoms with van der Waals surface area (Å²) in [6.07, 6.45) is 0.636. The zero-order valence-electron chi connectivity index (χ0n) is 21.0. The van der Waals surface area contributed by atoms with E-state index in [1.807, 2.05) is 44.2 Å². The van der Waals surface area contributed by atoms with Crippen LogP contribution in [0.5, 0.6) is 0 Å². The number of aliphatic carboxylic acids is 1. The van der Waals surface area contributed by atoms with E-state index < -0.39 is 47.9 Å². The Balaban J connectivity index is 3.08. The average molecular weight is 477 g/mol. The van der Waals surface area contributed by atoms with E-state index in [0.717, 1.165) is 5.56 Å². The zero-order valence-corrected chi connectivity index (χ0v) is 21.0. The van der Waals surface area contributed by atoms with Crippen LogP contribution in [0, 0.1) is 17.8 Å². The lowest BCUT2D eigenvalue weighted by molar-refractivity contribution is -0.143. The van der Waals surface area contributed by atoms with Crippen molar-refractivity contribution < 1.29 is 24.3 Å². The molecule has 0 saturated heterocycles. The maximum Gasteiger partial charge on any atom is 0.326 e. The second-order valence-corrected chi connectivity index (χ2v) is 9.79. The summed E-state index contributed by atoms with van der Waals surface area (Å²) < 4.78 is 0. The van der Waals surface area contributed by atoms with Crippen LogP contribution in [0.2, 0.25) is 0 Å². The molecule has 4 unspecified atom stereocenters. The second-order valence-electron chi connectivity index (χ2n) is 9.79. The average Bonchev–Trinajstić information content (AvgIpc) is 2.74. The Kier molecular flexibility index (Phi) is 11.7. The summed E-state index contributed by atoms with van der Waals surface area (Å²) in [5.74, 6) is -3.12. The Bertz CT molecular complexity index is 826. The first-order valence-electron chi connectivity index (χ1n) is 11.8. The minimum Gasteiger partial charge on any atom is -0.480 e. The third kappa shape index (κ3) is 9.51. The van der Waals surface area contributed by atoms with Crippen molar-refractivity contribution in [3.63, 3.8) is 0 Å². The Labute approximate surface area is 202 Å². The van der Waals surface area contributed by atoms with Crippen LogP contribution in [-0.2, 0) is 25.6 Å². The van der Waals surface area contributed by atoms with Gasteiger partial charge >= 0.3 is 5.97 Å². The molecule has 0 fully saturated rings. The lowest BCUT2D eigenvalue weighted by Crippen LogP contribution is -2.59. The normalized spacial score (nSPS) is 14.9. The highest BCUT2D eigenvalue weighted by Gasteiger charge is 2.32. The number of nitrogens with two attached hydrogens (primary N) is 1. The SMILES string of the molecule is CC(C)CC(N)C(=O)NC(C(=O)NC(Cc1ccccc1)C(=O)NC(C(=O)O)C(C)C)C(C)C. The van der Waals surface area contributed by atoms with E-state index in [4.69, 9.17) is 5.73 Å². The highest BCUT2D eigenvalue weighted by Crippen LogP contribution is 2.10. The number of carboxylic acids is 1. The van der Waals surface area contributed by atoms with Crippen molar-refractivity contribution in [3.05, 3.63) is 35.9 Å². The van der Waals surface area contributed by atoms with Gasteiger partial charge in [0.05, 0.1) is 6.04 Å². The summed E-state index contributed by atoms with van der Waals surface area (Å²) >= 11 is 0. The maximum atomic E-state index is 13.2. The summed E-state index contributed by atoms with van der Waals surface area (Å²) in [5.41, 5.74) is 6.76. The fourth-order valence-electron chi connectivity index (χ4n) is 3.50. The van der Waals surface area contributed by atoms with Gasteiger partial charge < -0.3 is 26.8 Å². The summed E-state index contributed by atoms with van der Waals surface area (Å²) in [6, 6.07) is 5.31. The minimum absolute atomic E-state index is 0.161. The molecule has 0 aromatic heterocycles. The molecule has 3 amide bonds. The lowest BCUT2D eigenvalue weighted by Gasteiger charge is -2.27. The van der Waals surface area contributed by atoms with E-state index in [-0.39, 0.29) is 24.2 Å². The van der Waals surface area contributed by atoms with Crippen LogP contribution >= 0.6 is 0 Å². The smallest absolute Gasteiger partial charge is 0.326 e. The van der Waals surface area contributed by atoms with Crippen molar-refractivity contribution in [2.45, 2.75) is 78.6 Å². The van der Waals surface area contributed by atoms with Crippen molar-refractivity contribution in [2.24, 2.45) is 23.5 Å². The van der Waals surface area contributed by atoms with Crippen LogP contribution in [-0.4, -0.2) is 53.0 Å². The van der Waals surface area contributed by atoms with Crippen LogP contribution in [0.15, 0.2) is 30.3 Å². The molecule has 0 spiro atoms. The third-order valence-corrected chi connectivity index (χ3v) is 5.46. The molecule has 0 radical (unpaired) electrons. The first-order chi connectivity index (χ1) is 15.8. The van der Waals surface area contributed by atoms with Gasteiger partial charge in [-0.05, 0) is 29.7 Å². The molecule has 0 aliphatic rings. The molecule has 0 bridgehead atoms. The van der Waals surface area contributed by atoms with Gasteiger partial charge in [-0.15, -0.1) is 0 Å². The first kappa shape index (κ1) is 29.1. The topological polar surface area (TPSA) is 151 Å². The van der Waals surface area contributed by atoms with Crippen LogP contribution in [0.4, 0.5) is 0 Å². The monoisotopic (exact) mass is 476 g/mol. The van der Waals surface area contributed by atoms with Crippen LogP contribution in [0.3, 0.4) is 0 Å². The predicted molar refractivity (Wildman–Crippen MR) is 131 cm³/mol. The Morgan fingerprint density at radius 1 is 0.794 bits per heavy atom. The number of hydrogen-bond acceptors (Lipinski definition) is 5. The van der Waals surface area contributed by atoms with Crippen molar-refractivity contribution in [3.8, 4) is 0 Å². The number of hydrogen-bond donors (Lipinski definition) is 5. The maximum absolute atomic E-state index is 13.2. The van der Waals surface area contributed by atoms with Gasteiger partial charge in [-0.25, -0.2) is 4.79 Å². The van der Waals surface area contributed by atoms with Gasteiger partial charge in [0.25, 0.3) is 0 Å². The number of rotatable bonds is 13. The van der Waals surface area contributed by atoms with Gasteiger partial charge in [0.1, 0.15) is 18.1 Å². The van der Waals surface area contributed by atoms with Crippen molar-refractivity contribution in [1.82, 2.24) is 16.0 Å². The van der Waals surface area contributed by atoms with E-state index in [0.29, 0.717) is 6.42 Å². The van der Waals surface area contributed by atoms with Crippen molar-refractivity contribution >= 4 is 23.7 Å². The molecule has 34 heavy (non-hydrogen) atoms. The molecule has 190 valence electrons. The summed E-state index contributed by atoms with van der Waals surface area (Å²) in [6.45, 7) is 10.8. The minimum atomic E-state index is -1.15. The lowest BCUT2D eigenvalue weighted by atomic mass is 9.98. The van der Waals surface area contributed by atoms with Gasteiger partial charge in [-0.2, -0.15) is 0 Å². The molecule has 1 aromatic carbocycles. The molecular weight excluding hydrogens is 436 g/mol. The zero-order chi connectivity index (χ0) is 26.0. The Morgan fingerprint density at radius 2 is 1.32 bits per heavy atom. The molecule has 4 atom stereocenters. The molecule has 9 heteroatoms. The second kappa shape index (κ2) is 13.7. The predicted octanol–water partition coefficient (Wildman–Crippen LogP) is 1.45. The fraction of sp³-hybridized carbons (Fsp3) is 0.600. The van der Waals surface area contributed by atoms with Crippen molar-refractivity contribution in [1.29, 1.82) is 0 Å². The molecule has 1 aromatic rings. The number of nitrogens with one attached hydrogen (secondary N) is 3. The van der Waals surface area contributed by atoms with Crippen LogP contribution < -0.4 is 21.7 Å². The summed E-state index contributed by atoms with van der Waals surface area (Å²) in [5, 5.41) is 17.4. The number of amides is 3. The molecule has 1 rings (SSSR count). The molecular formula is C25H40N4O5. The first-order valence-corrected chi connectivity index (χ1v) is 11.8. The van der Waals surface area contributed by atoms with Crippen molar-refractivity contribution in [2.75, 3.05) is 0 Å². The molecule has 0 aliphatic carbocycles. The Morgan fingerprint density at radius 3 is 1.79 bits per heavy atom. The fourth-order valence-corrected chi connectivity index (χ4v) is 3.50. The van der Waals surface area contributed by atoms with Gasteiger partial charge in [0.15, 0.2) is 0 Å². The van der Waals surface area contributed by atoms with E-state index in [2.05, 4.69) is 16.0 Å². The Hall–Kier alpha value is -2.94. The van der Waals surface area contributed by atoms with E-state index in [1.54, 1.807) is 27.7 Å². The molecule has 0 heterocycles. The van der Waals surface area contributed by atoms with Gasteiger partial charge in [-0.3, -0.25) is 14.4 Å². The van der Waals surface area contributed by atoms with Gasteiger partial charge in [0.2, 0.25) is 17.7 Å². The van der Waals surface area contributed by atoms with Gasteiger partial charge in [0, 0.05) is 6.42 Å². The van der Waals surface area contributed by atoms with Crippen LogP contribution in [0.25, 0.3) is 0 Å². The highest BCUT2D eigenvalue weighted by atomic mass is 16.4. The summed E-state index contributed by atoms with van der Waals surface area (Å²) in [4.78, 5) is 50.3. The van der Waals surface area contributed by atoms with E-state index >= 15 is 0 Å². The summed E-state index contributed by atoms with van der Waals surface area (Å²) in [7, 11) is 0. The third-order valence-electron chi connectivity index (χ3n) is 5.46.